The van der Waals surface area contributed by atoms with Crippen LogP contribution >= 0.6 is 23.4 Å². The van der Waals surface area contributed by atoms with E-state index in [1.165, 1.54) is 0 Å². The summed E-state index contributed by atoms with van der Waals surface area (Å²) in [6.07, 6.45) is 5.38. The van der Waals surface area contributed by atoms with Gasteiger partial charge >= 0.3 is 0 Å². The van der Waals surface area contributed by atoms with Gasteiger partial charge in [0.05, 0.1) is 12.0 Å². The smallest absolute Gasteiger partial charge is 0.251 e. The summed E-state index contributed by atoms with van der Waals surface area (Å²) in [7, 11) is 0. The van der Waals surface area contributed by atoms with Gasteiger partial charge < -0.3 is 9.88 Å². The van der Waals surface area contributed by atoms with Crippen LogP contribution in [0.1, 0.15) is 21.5 Å². The molecule has 0 spiro atoms. The third-order valence-electron chi connectivity index (χ3n) is 4.65. The normalized spacial score (nSPS) is 10.7. The Labute approximate surface area is 184 Å². The van der Waals surface area contributed by atoms with E-state index in [4.69, 9.17) is 11.6 Å². The molecule has 0 aliphatic rings. The van der Waals surface area contributed by atoms with Crippen LogP contribution in [0.15, 0.2) is 96.4 Å². The Hall–Kier alpha value is -3.02. The lowest BCUT2D eigenvalue weighted by Gasteiger charge is -2.11. The number of amides is 1. The van der Waals surface area contributed by atoms with Crippen molar-refractivity contribution in [1.29, 1.82) is 0 Å². The molecule has 4 aromatic rings. The first-order valence-corrected chi connectivity index (χ1v) is 10.9. The van der Waals surface area contributed by atoms with Crippen LogP contribution in [0.2, 0.25) is 5.02 Å². The molecule has 0 aliphatic carbocycles. The molecule has 0 unspecified atom stereocenters. The number of hydrogen-bond donors (Lipinski definition) is 1. The van der Waals surface area contributed by atoms with Gasteiger partial charge in [0.2, 0.25) is 0 Å². The number of aromatic nitrogens is 2. The predicted molar refractivity (Wildman–Crippen MR) is 122 cm³/mol. The maximum Gasteiger partial charge on any atom is 0.251 e. The van der Waals surface area contributed by atoms with Gasteiger partial charge in [-0.1, -0.05) is 41.9 Å². The predicted octanol–water partition coefficient (Wildman–Crippen LogP) is 5.75. The lowest BCUT2D eigenvalue weighted by molar-refractivity contribution is 0.0951. The Morgan fingerprint density at radius 3 is 2.50 bits per heavy atom. The summed E-state index contributed by atoms with van der Waals surface area (Å²) >= 11 is 7.66. The number of nitrogens with one attached hydrogen (secondary N) is 1. The first kappa shape index (κ1) is 20.3. The quantitative estimate of drug-likeness (QED) is 0.377. The maximum atomic E-state index is 12.6. The number of nitrogens with zero attached hydrogens (tertiary/aromatic N) is 2. The molecule has 150 valence electrons. The average Bonchev–Trinajstić information content (AvgIpc) is 3.32. The lowest BCUT2D eigenvalue weighted by Crippen LogP contribution is -2.23. The molecule has 1 aromatic heterocycles. The molecular weight excluding hydrogens is 414 g/mol. The van der Waals surface area contributed by atoms with Crippen molar-refractivity contribution < 1.29 is 4.79 Å². The minimum absolute atomic E-state index is 0.0904. The van der Waals surface area contributed by atoms with Crippen LogP contribution in [0.3, 0.4) is 0 Å². The van der Waals surface area contributed by atoms with Gasteiger partial charge in [0.25, 0.3) is 5.91 Å². The van der Waals surface area contributed by atoms with E-state index in [9.17, 15) is 4.79 Å². The summed E-state index contributed by atoms with van der Waals surface area (Å²) in [6, 6.07) is 23.5. The molecule has 0 radical (unpaired) electrons. The molecule has 0 fully saturated rings. The van der Waals surface area contributed by atoms with E-state index in [0.717, 1.165) is 32.5 Å². The van der Waals surface area contributed by atoms with E-state index in [0.29, 0.717) is 12.1 Å². The van der Waals surface area contributed by atoms with Crippen molar-refractivity contribution >= 4 is 29.3 Å². The molecule has 0 saturated carbocycles. The maximum absolute atomic E-state index is 12.6. The number of imidazole rings is 1. The van der Waals surface area contributed by atoms with Crippen molar-refractivity contribution in [2.45, 2.75) is 17.2 Å². The van der Waals surface area contributed by atoms with Crippen LogP contribution in [-0.2, 0) is 12.3 Å². The van der Waals surface area contributed by atoms with Crippen molar-refractivity contribution in [2.75, 3.05) is 0 Å². The number of benzene rings is 3. The number of rotatable bonds is 7. The van der Waals surface area contributed by atoms with Crippen LogP contribution < -0.4 is 5.32 Å². The van der Waals surface area contributed by atoms with Crippen molar-refractivity contribution in [3.05, 3.63) is 113 Å². The number of thioether (sulfide) groups is 1. The van der Waals surface area contributed by atoms with E-state index < -0.39 is 0 Å². The highest BCUT2D eigenvalue weighted by atomic mass is 35.5. The largest absolute Gasteiger partial charge is 0.348 e. The summed E-state index contributed by atoms with van der Waals surface area (Å²) in [5.74, 6) is 0.745. The number of carbonyl (C=O) groups is 1. The molecule has 4 rings (SSSR count). The van der Waals surface area contributed by atoms with Crippen LogP contribution in [0.4, 0.5) is 0 Å². The Morgan fingerprint density at radius 2 is 1.77 bits per heavy atom. The average molecular weight is 434 g/mol. The fourth-order valence-corrected chi connectivity index (χ4v) is 4.02. The molecule has 6 heteroatoms. The van der Waals surface area contributed by atoms with Crippen molar-refractivity contribution in [3.8, 4) is 5.69 Å². The van der Waals surface area contributed by atoms with Gasteiger partial charge in [-0.05, 0) is 53.6 Å². The lowest BCUT2D eigenvalue weighted by atomic mass is 10.1. The van der Waals surface area contributed by atoms with Crippen molar-refractivity contribution in [2.24, 2.45) is 0 Å². The van der Waals surface area contributed by atoms with Gasteiger partial charge in [0, 0.05) is 40.2 Å². The highest BCUT2D eigenvalue weighted by Gasteiger charge is 2.08. The van der Waals surface area contributed by atoms with Crippen molar-refractivity contribution in [1.82, 2.24) is 14.9 Å². The Morgan fingerprint density at radius 1 is 1.00 bits per heavy atom. The molecule has 1 amide bonds. The molecule has 0 saturated heterocycles. The molecule has 1 heterocycles. The van der Waals surface area contributed by atoms with Gasteiger partial charge in [-0.2, -0.15) is 0 Å². The summed E-state index contributed by atoms with van der Waals surface area (Å²) < 4.78 is 1.94. The number of halogens is 1. The minimum atomic E-state index is -0.0904. The summed E-state index contributed by atoms with van der Waals surface area (Å²) in [5.41, 5.74) is 3.84. The van der Waals surface area contributed by atoms with E-state index in [1.54, 1.807) is 24.3 Å². The third kappa shape index (κ3) is 5.12. The van der Waals surface area contributed by atoms with E-state index in [-0.39, 0.29) is 5.91 Å². The second-order valence-electron chi connectivity index (χ2n) is 6.72. The van der Waals surface area contributed by atoms with Gasteiger partial charge in [-0.3, -0.25) is 4.79 Å². The van der Waals surface area contributed by atoms with Crippen molar-refractivity contribution in [3.63, 3.8) is 0 Å². The van der Waals surface area contributed by atoms with Crippen LogP contribution in [0, 0.1) is 0 Å². The van der Waals surface area contributed by atoms with E-state index >= 15 is 0 Å². The monoisotopic (exact) mass is 433 g/mol. The summed E-state index contributed by atoms with van der Waals surface area (Å²) in [6.45, 7) is 0.446. The minimum Gasteiger partial charge on any atom is -0.348 e. The SMILES string of the molecule is O=C(NCc1ccccc1-n1ccnc1)c1ccc(CSc2ccc(Cl)cc2)cc1. The molecule has 3 aromatic carbocycles. The molecule has 30 heavy (non-hydrogen) atoms. The van der Waals surface area contributed by atoms with Gasteiger partial charge in [0.15, 0.2) is 0 Å². The Kier molecular flexibility index (Phi) is 6.52. The van der Waals surface area contributed by atoms with Crippen LogP contribution in [0.25, 0.3) is 5.69 Å². The number of para-hydroxylation sites is 1. The second kappa shape index (κ2) is 9.65. The zero-order chi connectivity index (χ0) is 20.8. The second-order valence-corrected chi connectivity index (χ2v) is 8.21. The van der Waals surface area contributed by atoms with E-state index in [2.05, 4.69) is 10.3 Å². The first-order chi connectivity index (χ1) is 14.7. The fourth-order valence-electron chi connectivity index (χ4n) is 3.04. The molecule has 0 atom stereocenters. The van der Waals surface area contributed by atoms with Gasteiger partial charge in [-0.25, -0.2) is 4.98 Å². The number of hydrogen-bond acceptors (Lipinski definition) is 3. The van der Waals surface area contributed by atoms with Crippen LogP contribution in [0.5, 0.6) is 0 Å². The Balaban J connectivity index is 1.35. The zero-order valence-corrected chi connectivity index (χ0v) is 17.7. The topological polar surface area (TPSA) is 46.9 Å². The molecular formula is C24H20ClN3OS. The van der Waals surface area contributed by atoms with E-state index in [1.807, 2.05) is 83.6 Å². The summed E-state index contributed by atoms with van der Waals surface area (Å²) in [4.78, 5) is 17.9. The number of carbonyl (C=O) groups excluding carboxylic acids is 1. The Bertz CT molecular complexity index is 1110. The summed E-state index contributed by atoms with van der Waals surface area (Å²) in [5, 5.41) is 3.75. The molecule has 0 aliphatic heterocycles. The standard InChI is InChI=1S/C24H20ClN3OS/c25-21-9-11-22(12-10-21)30-16-18-5-7-19(8-6-18)24(29)27-15-20-3-1-2-4-23(20)28-14-13-26-17-28/h1-14,17H,15-16H2,(H,27,29). The highest BCUT2D eigenvalue weighted by molar-refractivity contribution is 7.98. The molecule has 0 bridgehead atoms. The first-order valence-electron chi connectivity index (χ1n) is 9.51. The molecule has 4 nitrogen and oxygen atoms in total. The zero-order valence-electron chi connectivity index (χ0n) is 16.2. The third-order valence-corrected chi connectivity index (χ3v) is 5.98. The van der Waals surface area contributed by atoms with Gasteiger partial charge in [0.1, 0.15) is 0 Å². The van der Waals surface area contributed by atoms with Gasteiger partial charge in [-0.15, -0.1) is 11.8 Å². The highest BCUT2D eigenvalue weighted by Crippen LogP contribution is 2.24. The van der Waals surface area contributed by atoms with Crippen LogP contribution in [-0.4, -0.2) is 15.5 Å². The fraction of sp³-hybridized carbons (Fsp3) is 0.0833. The molecule has 1 N–H and O–H groups in total.